The van der Waals surface area contributed by atoms with Crippen LogP contribution < -0.4 is 5.19 Å². The van der Waals surface area contributed by atoms with E-state index in [-0.39, 0.29) is 18.2 Å². The van der Waals surface area contributed by atoms with Crippen LogP contribution in [0.5, 0.6) is 0 Å². The smallest absolute Gasteiger partial charge is 0.410 e. The van der Waals surface area contributed by atoms with Crippen molar-refractivity contribution in [3.63, 3.8) is 0 Å². The highest BCUT2D eigenvalue weighted by Crippen LogP contribution is 2.31. The van der Waals surface area contributed by atoms with Crippen LogP contribution in [-0.2, 0) is 4.74 Å². The van der Waals surface area contributed by atoms with E-state index in [4.69, 9.17) is 4.74 Å². The Morgan fingerprint density at radius 2 is 1.17 bits per heavy atom. The van der Waals surface area contributed by atoms with E-state index in [1.165, 1.54) is 5.19 Å². The zero-order valence-electron chi connectivity index (χ0n) is 18.3. The third kappa shape index (κ3) is 5.19. The molecule has 0 aliphatic rings. The number of carbonyl (C=O) groups is 1. The molecule has 0 aliphatic carbocycles. The van der Waals surface area contributed by atoms with Crippen molar-refractivity contribution in [1.82, 2.24) is 4.90 Å². The molecule has 3 rings (SSSR count). The first-order valence-corrected chi connectivity index (χ1v) is 13.7. The zero-order chi connectivity index (χ0) is 21.6. The molecule has 0 aliphatic heterocycles. The minimum Gasteiger partial charge on any atom is -0.453 e. The molecule has 0 saturated heterocycles. The average Bonchev–Trinajstić information content (AvgIpc) is 2.79. The Balaban J connectivity index is 1.83. The minimum atomic E-state index is -1.89. The van der Waals surface area contributed by atoms with Gasteiger partial charge in [-0.1, -0.05) is 109 Å². The van der Waals surface area contributed by atoms with Gasteiger partial charge in [-0.05, 0) is 25.0 Å². The first-order chi connectivity index (χ1) is 14.4. The predicted octanol–water partition coefficient (Wildman–Crippen LogP) is 6.10. The fourth-order valence-electron chi connectivity index (χ4n) is 3.73. The van der Waals surface area contributed by atoms with Crippen molar-refractivity contribution in [2.24, 2.45) is 0 Å². The second-order valence-electron chi connectivity index (χ2n) is 8.39. The van der Waals surface area contributed by atoms with Crippen molar-refractivity contribution >= 4 is 19.4 Å². The summed E-state index contributed by atoms with van der Waals surface area (Å²) < 4.78 is 5.96. The molecule has 0 heterocycles. The van der Waals surface area contributed by atoms with Crippen molar-refractivity contribution in [3.8, 4) is 0 Å². The van der Waals surface area contributed by atoms with Crippen LogP contribution >= 0.6 is 0 Å². The van der Waals surface area contributed by atoms with Crippen molar-refractivity contribution in [1.29, 1.82) is 0 Å². The topological polar surface area (TPSA) is 29.5 Å². The Bertz CT molecular complexity index is 884. The van der Waals surface area contributed by atoms with Gasteiger partial charge in [0, 0.05) is 0 Å². The van der Waals surface area contributed by atoms with E-state index in [0.717, 1.165) is 11.1 Å². The Morgan fingerprint density at radius 1 is 0.767 bits per heavy atom. The molecule has 30 heavy (non-hydrogen) atoms. The van der Waals surface area contributed by atoms with Gasteiger partial charge in [-0.3, -0.25) is 4.90 Å². The zero-order valence-corrected chi connectivity index (χ0v) is 19.3. The summed E-state index contributed by atoms with van der Waals surface area (Å²) in [5, 5.41) is 1.29. The highest BCUT2D eigenvalue weighted by Gasteiger charge is 2.32. The molecule has 0 unspecified atom stereocenters. The van der Waals surface area contributed by atoms with E-state index in [9.17, 15) is 4.79 Å². The molecule has 0 aromatic heterocycles. The molecule has 3 aromatic rings. The van der Waals surface area contributed by atoms with Crippen LogP contribution in [0.1, 0.15) is 37.1 Å². The van der Waals surface area contributed by atoms with Gasteiger partial charge in [0.05, 0.1) is 18.3 Å². The predicted molar refractivity (Wildman–Crippen MR) is 126 cm³/mol. The van der Waals surface area contributed by atoms with Gasteiger partial charge in [0.15, 0.2) is 0 Å². The van der Waals surface area contributed by atoms with Crippen LogP contribution in [-0.4, -0.2) is 25.3 Å². The molecule has 0 spiro atoms. The Morgan fingerprint density at radius 3 is 1.60 bits per heavy atom. The quantitative estimate of drug-likeness (QED) is 0.435. The van der Waals surface area contributed by atoms with Crippen molar-refractivity contribution in [3.05, 3.63) is 102 Å². The minimum absolute atomic E-state index is 0.101. The number of benzene rings is 3. The van der Waals surface area contributed by atoms with Gasteiger partial charge in [-0.2, -0.15) is 0 Å². The maximum atomic E-state index is 13.4. The van der Waals surface area contributed by atoms with Gasteiger partial charge < -0.3 is 4.74 Å². The number of rotatable bonds is 7. The van der Waals surface area contributed by atoms with Gasteiger partial charge in [0.25, 0.3) is 0 Å². The van der Waals surface area contributed by atoms with Crippen LogP contribution in [0.4, 0.5) is 4.79 Å². The Labute approximate surface area is 181 Å². The lowest BCUT2D eigenvalue weighted by Gasteiger charge is -2.35. The van der Waals surface area contributed by atoms with Crippen LogP contribution in [0.25, 0.3) is 0 Å². The maximum Gasteiger partial charge on any atom is 0.410 e. The molecule has 0 bridgehead atoms. The number of ether oxygens (including phenoxy) is 1. The van der Waals surface area contributed by atoms with Crippen molar-refractivity contribution in [2.75, 3.05) is 6.23 Å². The molecular formula is C26H31NO2Si. The molecular weight excluding hydrogens is 386 g/mol. The summed E-state index contributed by atoms with van der Waals surface area (Å²) in [6.07, 6.45) is 0.189. The van der Waals surface area contributed by atoms with Gasteiger partial charge in [-0.15, -0.1) is 0 Å². The van der Waals surface area contributed by atoms with E-state index in [0.29, 0.717) is 6.23 Å². The first kappa shape index (κ1) is 21.8. The molecule has 0 radical (unpaired) electrons. The lowest BCUT2D eigenvalue weighted by atomic mass is 10.0. The lowest BCUT2D eigenvalue weighted by Crippen LogP contribution is -2.48. The number of carbonyl (C=O) groups excluding carboxylic acids is 1. The third-order valence-electron chi connectivity index (χ3n) is 5.72. The summed E-state index contributed by atoms with van der Waals surface area (Å²) in [4.78, 5) is 15.2. The normalized spacial score (nSPS) is 13.3. The van der Waals surface area contributed by atoms with E-state index < -0.39 is 8.07 Å². The third-order valence-corrected chi connectivity index (χ3v) is 8.48. The molecule has 3 nitrogen and oxygen atoms in total. The highest BCUT2D eigenvalue weighted by atomic mass is 28.3. The molecule has 4 heteroatoms. The number of amides is 1. The monoisotopic (exact) mass is 417 g/mol. The molecule has 2 atom stereocenters. The van der Waals surface area contributed by atoms with Crippen LogP contribution in [0.2, 0.25) is 13.1 Å². The largest absolute Gasteiger partial charge is 0.453 e. The Kier molecular flexibility index (Phi) is 7.11. The number of hydrogen-bond donors (Lipinski definition) is 0. The molecule has 1 amide bonds. The van der Waals surface area contributed by atoms with Crippen molar-refractivity contribution in [2.45, 2.75) is 39.0 Å². The van der Waals surface area contributed by atoms with E-state index in [2.05, 4.69) is 63.3 Å². The van der Waals surface area contributed by atoms with Gasteiger partial charge in [-0.25, -0.2) is 4.79 Å². The highest BCUT2D eigenvalue weighted by molar-refractivity contribution is 6.89. The van der Waals surface area contributed by atoms with Crippen molar-refractivity contribution < 1.29 is 9.53 Å². The first-order valence-electron chi connectivity index (χ1n) is 10.5. The van der Waals surface area contributed by atoms with Gasteiger partial charge in [0.2, 0.25) is 0 Å². The second kappa shape index (κ2) is 9.77. The lowest BCUT2D eigenvalue weighted by molar-refractivity contribution is 0.0828. The summed E-state index contributed by atoms with van der Waals surface area (Å²) in [6.45, 7) is 8.61. The number of nitrogens with zero attached hydrogens (tertiary/aromatic N) is 1. The maximum absolute atomic E-state index is 13.4. The van der Waals surface area contributed by atoms with Crippen LogP contribution in [0.15, 0.2) is 91.0 Å². The average molecular weight is 418 g/mol. The summed E-state index contributed by atoms with van der Waals surface area (Å²) in [5.74, 6) is 0. The van der Waals surface area contributed by atoms with E-state index in [1.54, 1.807) is 0 Å². The molecule has 0 saturated carbocycles. The molecule has 0 fully saturated rings. The second-order valence-corrected chi connectivity index (χ2v) is 13.0. The summed E-state index contributed by atoms with van der Waals surface area (Å²) >= 11 is 0. The molecule has 3 aromatic carbocycles. The Hall–Kier alpha value is -2.85. The summed E-state index contributed by atoms with van der Waals surface area (Å²) in [7, 11) is -1.89. The van der Waals surface area contributed by atoms with E-state index >= 15 is 0 Å². The van der Waals surface area contributed by atoms with Crippen LogP contribution in [0, 0.1) is 0 Å². The van der Waals surface area contributed by atoms with E-state index in [1.807, 2.05) is 59.5 Å². The fraction of sp³-hybridized carbons (Fsp3) is 0.269. The molecule has 0 N–H and O–H groups in total. The summed E-state index contributed by atoms with van der Waals surface area (Å²) in [6, 6.07) is 30.4. The number of hydrogen-bond acceptors (Lipinski definition) is 2. The van der Waals surface area contributed by atoms with Gasteiger partial charge >= 0.3 is 6.09 Å². The summed E-state index contributed by atoms with van der Waals surface area (Å²) in [5.41, 5.74) is 2.19. The van der Waals surface area contributed by atoms with Crippen LogP contribution in [0.3, 0.4) is 0 Å². The molecule has 156 valence electrons. The fourth-order valence-corrected chi connectivity index (χ4v) is 5.47. The van der Waals surface area contributed by atoms with Gasteiger partial charge in [0.1, 0.15) is 8.07 Å². The SMILES string of the molecule is C[C@@H](c1ccccc1)N(C(=O)OC[Si](C)(C)c1ccccc1)[C@@H](C)c1ccccc1. The standard InChI is InChI=1S/C26H31NO2Si/c1-21(23-14-8-5-9-15-23)27(22(2)24-16-10-6-11-17-24)26(28)29-20-30(3,4)25-18-12-7-13-19-25/h5-19,21-22H,20H2,1-4H3/t21-,22-/m0/s1.